The molecule has 0 saturated heterocycles. The summed E-state index contributed by atoms with van der Waals surface area (Å²) in [4.78, 5) is 22.9. The van der Waals surface area contributed by atoms with E-state index in [1.807, 2.05) is 0 Å². The lowest BCUT2D eigenvalue weighted by Gasteiger charge is -2.06. The highest BCUT2D eigenvalue weighted by Gasteiger charge is 2.20. The third-order valence-electron chi connectivity index (χ3n) is 2.93. The van der Waals surface area contributed by atoms with E-state index in [-0.39, 0.29) is 5.56 Å². The fourth-order valence-electron chi connectivity index (χ4n) is 1.81. The van der Waals surface area contributed by atoms with E-state index in [9.17, 15) is 4.79 Å². The average molecular weight is 277 g/mol. The first-order valence-electron chi connectivity index (χ1n) is 6.17. The average Bonchev–Trinajstić information content (AvgIpc) is 3.20. The van der Waals surface area contributed by atoms with Gasteiger partial charge in [-0.3, -0.25) is 9.78 Å². The maximum Gasteiger partial charge on any atom is 0.251 e. The van der Waals surface area contributed by atoms with Gasteiger partial charge in [0.25, 0.3) is 5.56 Å². The van der Waals surface area contributed by atoms with Gasteiger partial charge < -0.3 is 10.3 Å². The molecular weight excluding hydrogens is 264 g/mol. The third-order valence-corrected chi connectivity index (χ3v) is 3.23. The zero-order valence-corrected chi connectivity index (χ0v) is 10.9. The summed E-state index contributed by atoms with van der Waals surface area (Å²) in [5.41, 5.74) is 1.00. The number of pyridine rings is 1. The predicted molar refractivity (Wildman–Crippen MR) is 73.0 cm³/mol. The van der Waals surface area contributed by atoms with Crippen molar-refractivity contribution in [3.05, 3.63) is 45.5 Å². The molecule has 1 fully saturated rings. The van der Waals surface area contributed by atoms with Crippen molar-refractivity contribution >= 4 is 11.6 Å². The molecule has 98 valence electrons. The Balaban J connectivity index is 1.92. The number of hydrogen-bond donors (Lipinski definition) is 2. The van der Waals surface area contributed by atoms with Crippen LogP contribution >= 0.6 is 11.6 Å². The smallest absolute Gasteiger partial charge is 0.251 e. The zero-order chi connectivity index (χ0) is 13.2. The van der Waals surface area contributed by atoms with Crippen LogP contribution in [0.1, 0.15) is 18.5 Å². The molecule has 0 aromatic carbocycles. The van der Waals surface area contributed by atoms with Crippen LogP contribution in [0.2, 0.25) is 5.02 Å². The molecule has 2 heterocycles. The Hall–Kier alpha value is -1.72. The molecule has 1 aliphatic carbocycles. The molecule has 2 aromatic rings. The molecule has 1 saturated carbocycles. The number of rotatable bonds is 4. The Morgan fingerprint density at radius 3 is 3.05 bits per heavy atom. The first kappa shape index (κ1) is 12.3. The van der Waals surface area contributed by atoms with Crippen LogP contribution in [0.3, 0.4) is 0 Å². The fourth-order valence-corrected chi connectivity index (χ4v) is 2.02. The second-order valence-electron chi connectivity index (χ2n) is 4.57. The maximum atomic E-state index is 11.7. The Bertz CT molecular complexity index is 651. The van der Waals surface area contributed by atoms with Crippen LogP contribution < -0.4 is 10.9 Å². The highest BCUT2D eigenvalue weighted by molar-refractivity contribution is 6.32. The van der Waals surface area contributed by atoms with Crippen LogP contribution in [0.4, 0.5) is 0 Å². The minimum atomic E-state index is -0.195. The van der Waals surface area contributed by atoms with Crippen molar-refractivity contribution in [2.24, 2.45) is 0 Å². The zero-order valence-electron chi connectivity index (χ0n) is 10.2. The van der Waals surface area contributed by atoms with Crippen molar-refractivity contribution in [2.75, 3.05) is 0 Å². The summed E-state index contributed by atoms with van der Waals surface area (Å²) in [6, 6.07) is 5.53. The Kier molecular flexibility index (Phi) is 3.31. The van der Waals surface area contributed by atoms with Gasteiger partial charge in [-0.2, -0.15) is 0 Å². The summed E-state index contributed by atoms with van der Waals surface area (Å²) in [7, 11) is 0. The molecule has 0 aliphatic heterocycles. The number of halogens is 1. The highest BCUT2D eigenvalue weighted by atomic mass is 35.5. The van der Waals surface area contributed by atoms with Gasteiger partial charge in [0.05, 0.1) is 10.7 Å². The molecule has 6 heteroatoms. The summed E-state index contributed by atoms with van der Waals surface area (Å²) >= 11 is 6.06. The molecule has 0 unspecified atom stereocenters. The van der Waals surface area contributed by atoms with Gasteiger partial charge in [0.15, 0.2) is 5.82 Å². The molecule has 2 N–H and O–H groups in total. The lowest BCUT2D eigenvalue weighted by molar-refractivity contribution is 0.672. The van der Waals surface area contributed by atoms with E-state index in [0.29, 0.717) is 34.8 Å². The van der Waals surface area contributed by atoms with E-state index in [4.69, 9.17) is 11.6 Å². The van der Waals surface area contributed by atoms with Gasteiger partial charge in [-0.15, -0.1) is 0 Å². The monoisotopic (exact) mass is 276 g/mol. The van der Waals surface area contributed by atoms with Crippen LogP contribution in [-0.4, -0.2) is 21.0 Å². The summed E-state index contributed by atoms with van der Waals surface area (Å²) in [5.74, 6) is 0.408. The van der Waals surface area contributed by atoms with Gasteiger partial charge in [0, 0.05) is 24.8 Å². The molecule has 1 aliphatic rings. The van der Waals surface area contributed by atoms with Crippen LogP contribution in [-0.2, 0) is 6.54 Å². The Labute approximate surface area is 115 Å². The van der Waals surface area contributed by atoms with E-state index in [1.54, 1.807) is 18.3 Å². The summed E-state index contributed by atoms with van der Waals surface area (Å²) in [6.07, 6.45) is 4.01. The van der Waals surface area contributed by atoms with Gasteiger partial charge in [0.2, 0.25) is 0 Å². The normalized spacial score (nSPS) is 14.6. The number of nitrogens with zero attached hydrogens (tertiary/aromatic N) is 2. The number of aromatic nitrogens is 3. The highest BCUT2D eigenvalue weighted by Crippen LogP contribution is 2.21. The van der Waals surface area contributed by atoms with Crippen molar-refractivity contribution in [1.82, 2.24) is 20.3 Å². The molecule has 5 nitrogen and oxygen atoms in total. The number of nitrogens with one attached hydrogen (secondary N) is 2. The topological polar surface area (TPSA) is 70.7 Å². The van der Waals surface area contributed by atoms with Gasteiger partial charge in [-0.25, -0.2) is 4.98 Å². The van der Waals surface area contributed by atoms with E-state index in [0.717, 1.165) is 0 Å². The second kappa shape index (κ2) is 5.11. The summed E-state index contributed by atoms with van der Waals surface area (Å²) in [6.45, 7) is 0.589. The van der Waals surface area contributed by atoms with Crippen LogP contribution in [0.25, 0.3) is 11.5 Å². The molecular formula is C13H13ClN4O. The second-order valence-corrected chi connectivity index (χ2v) is 4.98. The Morgan fingerprint density at radius 1 is 1.47 bits per heavy atom. The van der Waals surface area contributed by atoms with E-state index >= 15 is 0 Å². The number of hydrogen-bond acceptors (Lipinski definition) is 4. The van der Waals surface area contributed by atoms with E-state index < -0.39 is 0 Å². The molecule has 3 rings (SSSR count). The quantitative estimate of drug-likeness (QED) is 0.892. The van der Waals surface area contributed by atoms with Crippen molar-refractivity contribution in [3.63, 3.8) is 0 Å². The van der Waals surface area contributed by atoms with Gasteiger partial charge >= 0.3 is 0 Å². The van der Waals surface area contributed by atoms with Crippen molar-refractivity contribution in [2.45, 2.75) is 25.4 Å². The molecule has 0 amide bonds. The van der Waals surface area contributed by atoms with Crippen molar-refractivity contribution in [1.29, 1.82) is 0 Å². The number of aromatic amines is 1. The molecule has 2 aromatic heterocycles. The minimum Gasteiger partial charge on any atom is -0.308 e. The SMILES string of the molecule is O=c1cc(CNC2CC2)nc(-c2ncccc2Cl)[nH]1. The standard InChI is InChI=1S/C13H13ClN4O/c14-10-2-1-5-15-12(10)13-17-9(6-11(19)18-13)7-16-8-3-4-8/h1-2,5-6,8,16H,3-4,7H2,(H,17,18,19). The molecule has 0 atom stereocenters. The molecule has 0 bridgehead atoms. The largest absolute Gasteiger partial charge is 0.308 e. The summed E-state index contributed by atoms with van der Waals surface area (Å²) in [5, 5.41) is 3.80. The predicted octanol–water partition coefficient (Wildman–Crippen LogP) is 1.74. The van der Waals surface area contributed by atoms with Crippen LogP contribution in [0, 0.1) is 0 Å². The fraction of sp³-hybridized carbons (Fsp3) is 0.308. The van der Waals surface area contributed by atoms with E-state index in [1.165, 1.54) is 18.9 Å². The maximum absolute atomic E-state index is 11.7. The first-order valence-corrected chi connectivity index (χ1v) is 6.55. The molecule has 19 heavy (non-hydrogen) atoms. The lowest BCUT2D eigenvalue weighted by atomic mass is 10.3. The number of H-pyrrole nitrogens is 1. The molecule has 0 spiro atoms. The van der Waals surface area contributed by atoms with Crippen molar-refractivity contribution in [3.8, 4) is 11.5 Å². The Morgan fingerprint density at radius 2 is 2.32 bits per heavy atom. The van der Waals surface area contributed by atoms with Gasteiger partial charge in [0.1, 0.15) is 5.69 Å². The van der Waals surface area contributed by atoms with Crippen molar-refractivity contribution < 1.29 is 0 Å². The van der Waals surface area contributed by atoms with E-state index in [2.05, 4.69) is 20.3 Å². The third kappa shape index (κ3) is 3.00. The van der Waals surface area contributed by atoms with Crippen LogP contribution in [0.5, 0.6) is 0 Å². The first-order chi connectivity index (χ1) is 9.22. The minimum absolute atomic E-state index is 0.195. The summed E-state index contributed by atoms with van der Waals surface area (Å²) < 4.78 is 0. The van der Waals surface area contributed by atoms with Gasteiger partial charge in [-0.05, 0) is 25.0 Å². The van der Waals surface area contributed by atoms with Gasteiger partial charge in [-0.1, -0.05) is 11.6 Å². The lowest BCUT2D eigenvalue weighted by Crippen LogP contribution is -2.19. The van der Waals surface area contributed by atoms with Crippen LogP contribution in [0.15, 0.2) is 29.2 Å². The molecule has 0 radical (unpaired) electrons.